The van der Waals surface area contributed by atoms with E-state index < -0.39 is 0 Å². The maximum absolute atomic E-state index is 14.1. The van der Waals surface area contributed by atoms with E-state index >= 15 is 0 Å². The first kappa shape index (κ1) is 18.6. The summed E-state index contributed by atoms with van der Waals surface area (Å²) in [5.41, 5.74) is 1.31. The van der Waals surface area contributed by atoms with Gasteiger partial charge in [0.1, 0.15) is 5.82 Å². The molecule has 2 aliphatic rings. The summed E-state index contributed by atoms with van der Waals surface area (Å²) in [6.07, 6.45) is 13.4. The quantitative estimate of drug-likeness (QED) is 0.530. The molecule has 1 aromatic rings. The molecule has 0 N–H and O–H groups in total. The first-order valence-electron chi connectivity index (χ1n) is 10.4. The molecule has 2 heteroatoms. The first-order chi connectivity index (χ1) is 12.1. The highest BCUT2D eigenvalue weighted by atomic mass is 19.1. The fraction of sp³-hybridized carbons (Fsp3) is 0.696. The van der Waals surface area contributed by atoms with Crippen molar-refractivity contribution in [2.24, 2.45) is 17.8 Å². The minimum absolute atomic E-state index is 0.188. The second-order valence-corrected chi connectivity index (χ2v) is 8.48. The normalized spacial score (nSPS) is 30.2. The summed E-state index contributed by atoms with van der Waals surface area (Å²) >= 11 is 0. The van der Waals surface area contributed by atoms with Gasteiger partial charge in [-0.1, -0.05) is 38.7 Å². The zero-order valence-electron chi connectivity index (χ0n) is 15.9. The molecule has 0 amide bonds. The average molecular weight is 345 g/mol. The zero-order valence-corrected chi connectivity index (χ0v) is 15.9. The van der Waals surface area contributed by atoms with E-state index in [1.807, 2.05) is 6.07 Å². The number of halogens is 1. The van der Waals surface area contributed by atoms with Gasteiger partial charge >= 0.3 is 0 Å². The Labute approximate surface area is 152 Å². The number of Topliss-reactive ketones (excluding diaryl/α,β-unsaturated/α-hetero) is 1. The molecular weight excluding hydrogens is 311 g/mol. The molecule has 1 nitrogen and oxygen atoms in total. The fourth-order valence-corrected chi connectivity index (χ4v) is 5.35. The van der Waals surface area contributed by atoms with Gasteiger partial charge in [-0.3, -0.25) is 4.79 Å². The molecule has 2 saturated carbocycles. The Morgan fingerprint density at radius 1 is 1.00 bits per heavy atom. The first-order valence-corrected chi connectivity index (χ1v) is 10.4. The standard InChI is InChI=1S/C23H33FO/c1-3-4-17-5-7-18(8-6-17)19-9-11-20(12-10-19)21-13-14-22(16(2)25)23(24)15-21/h13-15,17-20H,3-12H2,1-2H3/t17-,18-,19?,20?. The lowest BCUT2D eigenvalue weighted by molar-refractivity contribution is 0.101. The van der Waals surface area contributed by atoms with Crippen LogP contribution in [-0.4, -0.2) is 5.78 Å². The minimum atomic E-state index is -0.346. The molecule has 25 heavy (non-hydrogen) atoms. The highest BCUT2D eigenvalue weighted by Crippen LogP contribution is 2.44. The van der Waals surface area contributed by atoms with E-state index in [0.29, 0.717) is 5.92 Å². The molecule has 2 aliphatic carbocycles. The molecule has 0 atom stereocenters. The van der Waals surface area contributed by atoms with Crippen LogP contribution in [0.4, 0.5) is 4.39 Å². The highest BCUT2D eigenvalue weighted by Gasteiger charge is 2.31. The van der Waals surface area contributed by atoms with Crippen LogP contribution in [0.1, 0.15) is 99.9 Å². The number of carbonyl (C=O) groups excluding carboxylic acids is 1. The van der Waals surface area contributed by atoms with E-state index in [-0.39, 0.29) is 17.2 Å². The maximum atomic E-state index is 14.1. The van der Waals surface area contributed by atoms with Gasteiger partial charge in [-0.25, -0.2) is 4.39 Å². The third kappa shape index (κ3) is 4.51. The van der Waals surface area contributed by atoms with Gasteiger partial charge in [0.05, 0.1) is 5.56 Å². The molecule has 2 fully saturated rings. The summed E-state index contributed by atoms with van der Waals surface area (Å²) in [6.45, 7) is 3.73. The molecule has 1 aromatic carbocycles. The van der Waals surface area contributed by atoms with Gasteiger partial charge in [-0.15, -0.1) is 0 Å². The highest BCUT2D eigenvalue weighted by molar-refractivity contribution is 5.94. The van der Waals surface area contributed by atoms with Crippen molar-refractivity contribution in [3.63, 3.8) is 0 Å². The van der Waals surface area contributed by atoms with Crippen molar-refractivity contribution >= 4 is 5.78 Å². The number of hydrogen-bond acceptors (Lipinski definition) is 1. The molecular formula is C23H33FO. The Morgan fingerprint density at radius 3 is 2.12 bits per heavy atom. The van der Waals surface area contributed by atoms with Crippen molar-refractivity contribution in [2.75, 3.05) is 0 Å². The molecule has 0 heterocycles. The van der Waals surface area contributed by atoms with Crippen LogP contribution in [0.2, 0.25) is 0 Å². The molecule has 0 saturated heterocycles. The Balaban J connectivity index is 1.52. The van der Waals surface area contributed by atoms with Crippen LogP contribution in [0, 0.1) is 23.6 Å². The van der Waals surface area contributed by atoms with E-state index in [1.54, 1.807) is 12.1 Å². The van der Waals surface area contributed by atoms with Gasteiger partial charge in [0.15, 0.2) is 5.78 Å². The van der Waals surface area contributed by atoms with Crippen molar-refractivity contribution in [2.45, 2.75) is 84.0 Å². The molecule has 3 rings (SSSR count). The second kappa shape index (κ2) is 8.47. The Kier molecular flexibility index (Phi) is 6.30. The smallest absolute Gasteiger partial charge is 0.162 e. The van der Waals surface area contributed by atoms with Crippen molar-refractivity contribution < 1.29 is 9.18 Å². The lowest BCUT2D eigenvalue weighted by Crippen LogP contribution is -2.25. The van der Waals surface area contributed by atoms with E-state index in [0.717, 1.165) is 23.3 Å². The topological polar surface area (TPSA) is 17.1 Å². The van der Waals surface area contributed by atoms with Gasteiger partial charge in [-0.2, -0.15) is 0 Å². The Hall–Kier alpha value is -1.18. The lowest BCUT2D eigenvalue weighted by atomic mass is 9.68. The zero-order chi connectivity index (χ0) is 17.8. The van der Waals surface area contributed by atoms with Crippen LogP contribution < -0.4 is 0 Å². The van der Waals surface area contributed by atoms with Gasteiger partial charge in [-0.05, 0) is 86.8 Å². The van der Waals surface area contributed by atoms with Crippen LogP contribution in [0.25, 0.3) is 0 Å². The molecule has 0 spiro atoms. The van der Waals surface area contributed by atoms with Crippen molar-refractivity contribution in [3.8, 4) is 0 Å². The van der Waals surface area contributed by atoms with Crippen molar-refractivity contribution in [1.29, 1.82) is 0 Å². The van der Waals surface area contributed by atoms with Gasteiger partial charge in [0, 0.05) is 0 Å². The largest absolute Gasteiger partial charge is 0.294 e. The SMILES string of the molecule is CCC[C@H]1CC[C@H](C2CCC(c3ccc(C(C)=O)c(F)c3)CC2)CC1. The molecule has 0 bridgehead atoms. The molecule has 138 valence electrons. The predicted octanol–water partition coefficient (Wildman–Crippen LogP) is 6.91. The van der Waals surface area contributed by atoms with E-state index in [1.165, 1.54) is 71.1 Å². The maximum Gasteiger partial charge on any atom is 0.162 e. The average Bonchev–Trinajstić information content (AvgIpc) is 2.62. The second-order valence-electron chi connectivity index (χ2n) is 8.48. The van der Waals surface area contributed by atoms with E-state index in [4.69, 9.17) is 0 Å². The van der Waals surface area contributed by atoms with Crippen molar-refractivity contribution in [3.05, 3.63) is 35.1 Å². The molecule has 0 aromatic heterocycles. The van der Waals surface area contributed by atoms with Crippen LogP contribution in [0.5, 0.6) is 0 Å². The van der Waals surface area contributed by atoms with Gasteiger partial charge in [0.25, 0.3) is 0 Å². The lowest BCUT2D eigenvalue weighted by Gasteiger charge is -2.38. The van der Waals surface area contributed by atoms with E-state index in [2.05, 4.69) is 6.92 Å². The predicted molar refractivity (Wildman–Crippen MR) is 101 cm³/mol. The van der Waals surface area contributed by atoms with Gasteiger partial charge < -0.3 is 0 Å². The third-order valence-corrected chi connectivity index (χ3v) is 6.87. The van der Waals surface area contributed by atoms with E-state index in [9.17, 15) is 9.18 Å². The number of hydrogen-bond donors (Lipinski definition) is 0. The van der Waals surface area contributed by atoms with Crippen molar-refractivity contribution in [1.82, 2.24) is 0 Å². The number of ketones is 1. The molecule has 0 radical (unpaired) electrons. The molecule has 0 unspecified atom stereocenters. The summed E-state index contributed by atoms with van der Waals surface area (Å²) in [6, 6.07) is 5.26. The third-order valence-electron chi connectivity index (χ3n) is 6.87. The summed E-state index contributed by atoms with van der Waals surface area (Å²) in [4.78, 5) is 11.4. The number of rotatable bonds is 5. The minimum Gasteiger partial charge on any atom is -0.294 e. The fourth-order valence-electron chi connectivity index (χ4n) is 5.35. The number of benzene rings is 1. The summed E-state index contributed by atoms with van der Waals surface area (Å²) < 4.78 is 14.1. The van der Waals surface area contributed by atoms with Crippen LogP contribution in [0.15, 0.2) is 18.2 Å². The van der Waals surface area contributed by atoms with Gasteiger partial charge in [0.2, 0.25) is 0 Å². The van der Waals surface area contributed by atoms with Crippen LogP contribution >= 0.6 is 0 Å². The summed E-state index contributed by atoms with van der Waals surface area (Å²) in [5, 5.41) is 0. The number of carbonyl (C=O) groups is 1. The van der Waals surface area contributed by atoms with Crippen LogP contribution in [-0.2, 0) is 0 Å². The molecule has 0 aliphatic heterocycles. The summed E-state index contributed by atoms with van der Waals surface area (Å²) in [5.74, 6) is 2.75. The summed E-state index contributed by atoms with van der Waals surface area (Å²) in [7, 11) is 0. The Morgan fingerprint density at radius 2 is 1.60 bits per heavy atom. The Bertz CT molecular complexity index is 578. The monoisotopic (exact) mass is 344 g/mol. The van der Waals surface area contributed by atoms with Crippen LogP contribution in [0.3, 0.4) is 0 Å².